The van der Waals surface area contributed by atoms with Crippen LogP contribution in [-0.4, -0.2) is 18.4 Å². The summed E-state index contributed by atoms with van der Waals surface area (Å²) >= 11 is 2.16. The lowest BCUT2D eigenvalue weighted by Crippen LogP contribution is -2.20. The molecule has 0 heterocycles. The Morgan fingerprint density at radius 1 is 0.815 bits per heavy atom. The molecule has 0 atom stereocenters. The highest BCUT2D eigenvalue weighted by Gasteiger charge is 2.08. The summed E-state index contributed by atoms with van der Waals surface area (Å²) < 4.78 is 6.41. The van der Waals surface area contributed by atoms with Gasteiger partial charge in [0.1, 0.15) is 5.75 Å². The van der Waals surface area contributed by atoms with E-state index < -0.39 is 0 Å². The molecule has 6 heteroatoms. The fourth-order valence-electron chi connectivity index (χ4n) is 2.37. The molecule has 2 N–H and O–H groups in total. The van der Waals surface area contributed by atoms with Gasteiger partial charge in [0, 0.05) is 20.5 Å². The molecule has 3 rings (SSSR count). The van der Waals surface area contributed by atoms with Gasteiger partial charge in [0.05, 0.1) is 0 Å². The van der Waals surface area contributed by atoms with Crippen LogP contribution in [0.1, 0.15) is 10.4 Å². The standard InChI is InChI=1S/C21H17IN2O3/c22-16-7-4-6-15(12-16)21(26)24-18-9-5-8-17(13-18)23-20(25)14-27-19-10-2-1-3-11-19/h1-13H,14H2,(H,23,25)(H,24,26). The van der Waals surface area contributed by atoms with E-state index in [-0.39, 0.29) is 18.4 Å². The average molecular weight is 472 g/mol. The van der Waals surface area contributed by atoms with E-state index in [0.717, 1.165) is 3.57 Å². The summed E-state index contributed by atoms with van der Waals surface area (Å²) in [4.78, 5) is 24.4. The van der Waals surface area contributed by atoms with Crippen molar-refractivity contribution >= 4 is 45.8 Å². The van der Waals surface area contributed by atoms with Crippen molar-refractivity contribution in [1.82, 2.24) is 0 Å². The monoisotopic (exact) mass is 472 g/mol. The predicted molar refractivity (Wildman–Crippen MR) is 114 cm³/mol. The molecule has 2 amide bonds. The number of carbonyl (C=O) groups excluding carboxylic acids is 2. The van der Waals surface area contributed by atoms with Gasteiger partial charge in [0.2, 0.25) is 0 Å². The first-order valence-corrected chi connectivity index (χ1v) is 9.33. The number of amides is 2. The van der Waals surface area contributed by atoms with Crippen LogP contribution in [0, 0.1) is 3.57 Å². The van der Waals surface area contributed by atoms with Crippen LogP contribution in [0.2, 0.25) is 0 Å². The van der Waals surface area contributed by atoms with Gasteiger partial charge in [-0.15, -0.1) is 0 Å². The minimum atomic E-state index is -0.278. The number of rotatable bonds is 6. The van der Waals surface area contributed by atoms with Crippen LogP contribution >= 0.6 is 22.6 Å². The highest BCUT2D eigenvalue weighted by atomic mass is 127. The molecule has 5 nitrogen and oxygen atoms in total. The third-order valence-electron chi connectivity index (χ3n) is 3.60. The van der Waals surface area contributed by atoms with E-state index in [9.17, 15) is 9.59 Å². The summed E-state index contributed by atoms with van der Waals surface area (Å²) in [5, 5.41) is 5.59. The molecule has 0 aromatic heterocycles. The highest BCUT2D eigenvalue weighted by molar-refractivity contribution is 14.1. The number of hydrogen-bond donors (Lipinski definition) is 2. The van der Waals surface area contributed by atoms with Crippen LogP contribution in [0.15, 0.2) is 78.9 Å². The molecule has 3 aromatic carbocycles. The van der Waals surface area contributed by atoms with Crippen molar-refractivity contribution in [3.8, 4) is 5.75 Å². The van der Waals surface area contributed by atoms with Crippen LogP contribution in [0.25, 0.3) is 0 Å². The van der Waals surface area contributed by atoms with Crippen molar-refractivity contribution in [3.63, 3.8) is 0 Å². The molecule has 0 unspecified atom stereocenters. The molecule has 0 saturated carbocycles. The molecule has 136 valence electrons. The van der Waals surface area contributed by atoms with Crippen molar-refractivity contribution in [3.05, 3.63) is 88.0 Å². The van der Waals surface area contributed by atoms with Crippen molar-refractivity contribution in [1.29, 1.82) is 0 Å². The molecule has 0 saturated heterocycles. The van der Waals surface area contributed by atoms with Crippen LogP contribution in [0.5, 0.6) is 5.75 Å². The second-order valence-electron chi connectivity index (χ2n) is 5.70. The highest BCUT2D eigenvalue weighted by Crippen LogP contribution is 2.17. The van der Waals surface area contributed by atoms with Crippen molar-refractivity contribution in [2.24, 2.45) is 0 Å². The zero-order chi connectivity index (χ0) is 19.1. The molecule has 3 aromatic rings. The Hall–Kier alpha value is -2.87. The van der Waals surface area contributed by atoms with E-state index in [1.807, 2.05) is 36.4 Å². The number of carbonyl (C=O) groups is 2. The van der Waals surface area contributed by atoms with E-state index in [2.05, 4.69) is 33.2 Å². The van der Waals surface area contributed by atoms with Gasteiger partial charge in [-0.2, -0.15) is 0 Å². The molecular formula is C21H17IN2O3. The molecule has 0 spiro atoms. The summed E-state index contributed by atoms with van der Waals surface area (Å²) in [6.07, 6.45) is 0. The summed E-state index contributed by atoms with van der Waals surface area (Å²) in [7, 11) is 0. The normalized spacial score (nSPS) is 10.1. The SMILES string of the molecule is O=C(COc1ccccc1)Nc1cccc(NC(=O)c2cccc(I)c2)c1. The Bertz CT molecular complexity index is 945. The van der Waals surface area contributed by atoms with Gasteiger partial charge in [-0.25, -0.2) is 0 Å². The minimum absolute atomic E-state index is 0.0942. The number of halogens is 1. The van der Waals surface area contributed by atoms with E-state index in [1.165, 1.54) is 0 Å². The van der Waals surface area contributed by atoms with Gasteiger partial charge >= 0.3 is 0 Å². The molecule has 0 aliphatic rings. The van der Waals surface area contributed by atoms with Crippen molar-refractivity contribution < 1.29 is 14.3 Å². The van der Waals surface area contributed by atoms with Gasteiger partial charge < -0.3 is 15.4 Å². The molecule has 27 heavy (non-hydrogen) atoms. The molecule has 0 fully saturated rings. The summed E-state index contributed by atoms with van der Waals surface area (Å²) in [5.41, 5.74) is 1.75. The number of nitrogens with one attached hydrogen (secondary N) is 2. The van der Waals surface area contributed by atoms with Gasteiger partial charge in [0.25, 0.3) is 11.8 Å². The molecule has 0 bridgehead atoms. The Balaban J connectivity index is 1.58. The van der Waals surface area contributed by atoms with Gasteiger partial charge in [0.15, 0.2) is 6.61 Å². The summed E-state index contributed by atoms with van der Waals surface area (Å²) in [6, 6.07) is 23.4. The van der Waals surface area contributed by atoms with Crippen LogP contribution < -0.4 is 15.4 Å². The topological polar surface area (TPSA) is 67.4 Å². The Labute approximate surface area is 170 Å². The maximum atomic E-state index is 12.3. The zero-order valence-electron chi connectivity index (χ0n) is 14.3. The lowest BCUT2D eigenvalue weighted by Gasteiger charge is -2.10. The number of ether oxygens (including phenoxy) is 1. The largest absolute Gasteiger partial charge is 0.484 e. The molecule has 0 aliphatic heterocycles. The minimum Gasteiger partial charge on any atom is -0.484 e. The smallest absolute Gasteiger partial charge is 0.262 e. The maximum Gasteiger partial charge on any atom is 0.262 e. The fraction of sp³-hybridized carbons (Fsp3) is 0.0476. The summed E-state index contributed by atoms with van der Waals surface area (Å²) in [5.74, 6) is 0.149. The molecule has 0 radical (unpaired) electrons. The number of hydrogen-bond acceptors (Lipinski definition) is 3. The first-order valence-electron chi connectivity index (χ1n) is 8.25. The number of benzene rings is 3. The van der Waals surface area contributed by atoms with Gasteiger partial charge in [-0.1, -0.05) is 30.3 Å². The predicted octanol–water partition coefficient (Wildman–Crippen LogP) is 4.56. The van der Waals surface area contributed by atoms with Crippen LogP contribution in [0.4, 0.5) is 11.4 Å². The summed E-state index contributed by atoms with van der Waals surface area (Å²) in [6.45, 7) is -0.0942. The van der Waals surface area contributed by atoms with Crippen molar-refractivity contribution in [2.45, 2.75) is 0 Å². The molecular weight excluding hydrogens is 455 g/mol. The lowest BCUT2D eigenvalue weighted by molar-refractivity contribution is -0.118. The van der Waals surface area contributed by atoms with Crippen LogP contribution in [0.3, 0.4) is 0 Å². The number of para-hydroxylation sites is 1. The lowest BCUT2D eigenvalue weighted by atomic mass is 10.2. The van der Waals surface area contributed by atoms with E-state index in [1.54, 1.807) is 42.5 Å². The Morgan fingerprint density at radius 3 is 2.26 bits per heavy atom. The third-order valence-corrected chi connectivity index (χ3v) is 4.28. The third kappa shape index (κ3) is 5.82. The zero-order valence-corrected chi connectivity index (χ0v) is 16.5. The quantitative estimate of drug-likeness (QED) is 0.517. The first kappa shape index (κ1) is 18.9. The average Bonchev–Trinajstić information content (AvgIpc) is 2.67. The fourth-order valence-corrected chi connectivity index (χ4v) is 2.91. The van der Waals surface area contributed by atoms with Crippen molar-refractivity contribution in [2.75, 3.05) is 17.2 Å². The van der Waals surface area contributed by atoms with E-state index in [0.29, 0.717) is 22.7 Å². The second kappa shape index (κ2) is 9.18. The second-order valence-corrected chi connectivity index (χ2v) is 6.94. The van der Waals surface area contributed by atoms with E-state index >= 15 is 0 Å². The van der Waals surface area contributed by atoms with Gasteiger partial charge in [-0.05, 0) is 71.1 Å². The Morgan fingerprint density at radius 2 is 1.52 bits per heavy atom. The number of anilines is 2. The first-order chi connectivity index (χ1) is 13.1. The van der Waals surface area contributed by atoms with Gasteiger partial charge in [-0.3, -0.25) is 9.59 Å². The van der Waals surface area contributed by atoms with E-state index in [4.69, 9.17) is 4.74 Å². The maximum absolute atomic E-state index is 12.3. The molecule has 0 aliphatic carbocycles. The Kier molecular flexibility index (Phi) is 6.43. The van der Waals surface area contributed by atoms with Crippen LogP contribution in [-0.2, 0) is 4.79 Å².